The van der Waals surface area contributed by atoms with Gasteiger partial charge in [0.2, 0.25) is 0 Å². The first kappa shape index (κ1) is 16.1. The Morgan fingerprint density at radius 3 is 2.29 bits per heavy atom. The molecule has 0 radical (unpaired) electrons. The van der Waals surface area contributed by atoms with Crippen molar-refractivity contribution in [3.05, 3.63) is 64.4 Å². The molecule has 0 unspecified atom stereocenters. The largest absolute Gasteiger partial charge is 0.502 e. The Balaban J connectivity index is 2.04. The molecule has 1 N–H and O–H groups in total. The highest BCUT2D eigenvalue weighted by Gasteiger charge is 2.40. The van der Waals surface area contributed by atoms with Crippen molar-refractivity contribution < 1.29 is 19.4 Å². The lowest BCUT2D eigenvalue weighted by molar-refractivity contribution is -0.121. The molecule has 2 aromatic rings. The van der Waals surface area contributed by atoms with E-state index in [0.717, 1.165) is 4.90 Å². The van der Waals surface area contributed by atoms with Crippen LogP contribution < -0.4 is 9.64 Å². The molecule has 24 heavy (non-hydrogen) atoms. The van der Waals surface area contributed by atoms with E-state index < -0.39 is 17.6 Å². The molecule has 122 valence electrons. The van der Waals surface area contributed by atoms with E-state index in [9.17, 15) is 14.7 Å². The van der Waals surface area contributed by atoms with Crippen LogP contribution in [-0.2, 0) is 9.59 Å². The predicted octanol–water partition coefficient (Wildman–Crippen LogP) is 3.50. The number of hydrogen-bond acceptors (Lipinski definition) is 4. The van der Waals surface area contributed by atoms with E-state index in [1.807, 2.05) is 0 Å². The van der Waals surface area contributed by atoms with Crippen LogP contribution in [0.2, 0.25) is 5.02 Å². The fourth-order valence-corrected chi connectivity index (χ4v) is 2.85. The Labute approximate surface area is 143 Å². The number of aliphatic hydroxyl groups is 1. The zero-order valence-corrected chi connectivity index (χ0v) is 13.8. The Kier molecular flexibility index (Phi) is 4.03. The van der Waals surface area contributed by atoms with Crippen LogP contribution in [0.25, 0.3) is 5.57 Å². The Bertz CT molecular complexity index is 871. The number of nitrogens with zero attached hydrogens (tertiary/aromatic N) is 1. The van der Waals surface area contributed by atoms with Crippen LogP contribution >= 0.6 is 11.6 Å². The maximum atomic E-state index is 12.7. The van der Waals surface area contributed by atoms with Crippen molar-refractivity contribution in [2.45, 2.75) is 6.92 Å². The average molecular weight is 344 g/mol. The van der Waals surface area contributed by atoms with Gasteiger partial charge in [-0.3, -0.25) is 9.59 Å². The molecule has 0 spiro atoms. The number of benzene rings is 2. The van der Waals surface area contributed by atoms with Gasteiger partial charge in [-0.1, -0.05) is 23.7 Å². The Morgan fingerprint density at radius 1 is 1.04 bits per heavy atom. The molecular formula is C18H14ClNO4. The fourth-order valence-electron chi connectivity index (χ4n) is 2.62. The minimum Gasteiger partial charge on any atom is -0.502 e. The van der Waals surface area contributed by atoms with Crippen LogP contribution in [0.3, 0.4) is 0 Å². The lowest BCUT2D eigenvalue weighted by Gasteiger charge is -2.17. The minimum atomic E-state index is -0.753. The molecule has 2 aromatic carbocycles. The molecule has 0 saturated heterocycles. The second-order valence-electron chi connectivity index (χ2n) is 5.33. The quantitative estimate of drug-likeness (QED) is 0.866. The summed E-state index contributed by atoms with van der Waals surface area (Å²) in [6.45, 7) is 1.74. The highest BCUT2D eigenvalue weighted by Crippen LogP contribution is 2.34. The normalized spacial score (nSPS) is 14.5. The van der Waals surface area contributed by atoms with Gasteiger partial charge in [-0.2, -0.15) is 0 Å². The van der Waals surface area contributed by atoms with E-state index in [0.29, 0.717) is 27.6 Å². The van der Waals surface area contributed by atoms with Crippen LogP contribution in [0.1, 0.15) is 11.1 Å². The molecule has 0 bridgehead atoms. The first-order valence-electron chi connectivity index (χ1n) is 7.16. The predicted molar refractivity (Wildman–Crippen MR) is 91.2 cm³/mol. The SMILES string of the molecule is COc1ccc(C2=C(O)C(=O)N(c3ccc(Cl)cc3C)C2=O)cc1. The number of aryl methyl sites for hydroxylation is 1. The number of halogens is 1. The number of hydrogen-bond donors (Lipinski definition) is 1. The highest BCUT2D eigenvalue weighted by atomic mass is 35.5. The van der Waals surface area contributed by atoms with Gasteiger partial charge in [-0.05, 0) is 48.4 Å². The van der Waals surface area contributed by atoms with Gasteiger partial charge in [0.15, 0.2) is 5.76 Å². The van der Waals surface area contributed by atoms with Crippen molar-refractivity contribution in [3.63, 3.8) is 0 Å². The number of amides is 2. The van der Waals surface area contributed by atoms with Crippen molar-refractivity contribution in [3.8, 4) is 5.75 Å². The molecular weight excluding hydrogens is 330 g/mol. The molecule has 1 aliphatic heterocycles. The highest BCUT2D eigenvalue weighted by molar-refractivity contribution is 6.45. The van der Waals surface area contributed by atoms with E-state index in [1.54, 1.807) is 49.4 Å². The summed E-state index contributed by atoms with van der Waals surface area (Å²) in [5, 5.41) is 10.7. The minimum absolute atomic E-state index is 0.0306. The summed E-state index contributed by atoms with van der Waals surface area (Å²) in [5.74, 6) is -1.29. The van der Waals surface area contributed by atoms with E-state index in [-0.39, 0.29) is 5.57 Å². The molecule has 0 fully saturated rings. The first-order valence-corrected chi connectivity index (χ1v) is 7.54. The molecule has 0 aromatic heterocycles. The molecule has 0 aliphatic carbocycles. The van der Waals surface area contributed by atoms with Gasteiger partial charge in [-0.25, -0.2) is 4.90 Å². The maximum Gasteiger partial charge on any atom is 0.301 e. The van der Waals surface area contributed by atoms with E-state index in [1.165, 1.54) is 7.11 Å². The van der Waals surface area contributed by atoms with Gasteiger partial charge in [0.05, 0.1) is 18.4 Å². The third-order valence-electron chi connectivity index (χ3n) is 3.84. The van der Waals surface area contributed by atoms with Gasteiger partial charge in [0.1, 0.15) is 5.75 Å². The van der Waals surface area contributed by atoms with E-state index >= 15 is 0 Å². The second kappa shape index (κ2) is 6.02. The zero-order valence-electron chi connectivity index (χ0n) is 13.0. The van der Waals surface area contributed by atoms with Gasteiger partial charge >= 0.3 is 5.91 Å². The lowest BCUT2D eigenvalue weighted by Crippen LogP contribution is -2.32. The Morgan fingerprint density at radius 2 is 1.71 bits per heavy atom. The van der Waals surface area contributed by atoms with E-state index in [2.05, 4.69) is 0 Å². The van der Waals surface area contributed by atoms with Gasteiger partial charge in [0, 0.05) is 5.02 Å². The number of methoxy groups -OCH3 is 1. The molecule has 5 nitrogen and oxygen atoms in total. The molecule has 1 heterocycles. The number of imide groups is 1. The topological polar surface area (TPSA) is 66.8 Å². The van der Waals surface area contributed by atoms with Crippen molar-refractivity contribution in [2.75, 3.05) is 12.0 Å². The summed E-state index contributed by atoms with van der Waals surface area (Å²) >= 11 is 5.92. The zero-order chi connectivity index (χ0) is 17.4. The lowest BCUT2D eigenvalue weighted by atomic mass is 10.1. The third kappa shape index (κ3) is 2.53. The molecule has 6 heteroatoms. The summed E-state index contributed by atoms with van der Waals surface area (Å²) in [6, 6.07) is 11.4. The van der Waals surface area contributed by atoms with Crippen molar-refractivity contribution in [1.29, 1.82) is 0 Å². The van der Waals surface area contributed by atoms with Crippen molar-refractivity contribution >= 4 is 34.7 Å². The average Bonchev–Trinajstić information content (AvgIpc) is 2.78. The molecule has 0 saturated carbocycles. The summed E-state index contributed by atoms with van der Waals surface area (Å²) in [4.78, 5) is 26.1. The van der Waals surface area contributed by atoms with Gasteiger partial charge < -0.3 is 9.84 Å². The number of carbonyl (C=O) groups excluding carboxylic acids is 2. The molecule has 0 atom stereocenters. The van der Waals surface area contributed by atoms with Gasteiger partial charge in [-0.15, -0.1) is 0 Å². The summed E-state index contributed by atoms with van der Waals surface area (Å²) in [5.41, 5.74) is 1.47. The van der Waals surface area contributed by atoms with Crippen LogP contribution in [-0.4, -0.2) is 24.0 Å². The fraction of sp³-hybridized carbons (Fsp3) is 0.111. The summed E-state index contributed by atoms with van der Waals surface area (Å²) in [7, 11) is 1.53. The standard InChI is InChI=1S/C18H14ClNO4/c1-10-9-12(19)5-8-14(10)20-17(22)15(16(21)18(20)23)11-3-6-13(24-2)7-4-11/h3-9,21H,1-2H3. The number of ether oxygens (including phenoxy) is 1. The van der Waals surface area contributed by atoms with E-state index in [4.69, 9.17) is 16.3 Å². The van der Waals surface area contributed by atoms with Crippen LogP contribution in [0.4, 0.5) is 5.69 Å². The number of aliphatic hydroxyl groups excluding tert-OH is 1. The Hall–Kier alpha value is -2.79. The summed E-state index contributed by atoms with van der Waals surface area (Å²) < 4.78 is 5.07. The molecule has 2 amide bonds. The second-order valence-corrected chi connectivity index (χ2v) is 5.77. The third-order valence-corrected chi connectivity index (χ3v) is 4.07. The number of carbonyl (C=O) groups is 2. The smallest absolute Gasteiger partial charge is 0.301 e. The maximum absolute atomic E-state index is 12.7. The van der Waals surface area contributed by atoms with Crippen LogP contribution in [0, 0.1) is 6.92 Å². The van der Waals surface area contributed by atoms with Crippen LogP contribution in [0.5, 0.6) is 5.75 Å². The monoisotopic (exact) mass is 343 g/mol. The van der Waals surface area contributed by atoms with Crippen molar-refractivity contribution in [1.82, 2.24) is 0 Å². The van der Waals surface area contributed by atoms with Crippen LogP contribution in [0.15, 0.2) is 48.2 Å². The summed E-state index contributed by atoms with van der Waals surface area (Å²) in [6.07, 6.45) is 0. The number of rotatable bonds is 3. The van der Waals surface area contributed by atoms with Crippen molar-refractivity contribution in [2.24, 2.45) is 0 Å². The first-order chi connectivity index (χ1) is 11.4. The number of anilines is 1. The molecule has 1 aliphatic rings. The van der Waals surface area contributed by atoms with Gasteiger partial charge in [0.25, 0.3) is 5.91 Å². The molecule has 3 rings (SSSR count).